The number of carbonyl (C=O) groups is 1. The van der Waals surface area contributed by atoms with Gasteiger partial charge in [-0.15, -0.1) is 0 Å². The molecule has 3 heterocycles. The van der Waals surface area contributed by atoms with E-state index in [4.69, 9.17) is 11.6 Å². The Morgan fingerprint density at radius 3 is 2.83 bits per heavy atom. The lowest BCUT2D eigenvalue weighted by molar-refractivity contribution is 0.0946. The predicted molar refractivity (Wildman–Crippen MR) is 110 cm³/mol. The van der Waals surface area contributed by atoms with Crippen molar-refractivity contribution in [1.82, 2.24) is 34.8 Å². The summed E-state index contributed by atoms with van der Waals surface area (Å²) < 4.78 is 3.03. The molecule has 4 rings (SSSR count). The summed E-state index contributed by atoms with van der Waals surface area (Å²) in [6.45, 7) is 0.892. The molecule has 0 radical (unpaired) electrons. The van der Waals surface area contributed by atoms with Crippen LogP contribution in [0.25, 0.3) is 11.0 Å². The number of hydrogen-bond donors (Lipinski definition) is 2. The number of benzene rings is 1. The highest BCUT2D eigenvalue weighted by Gasteiger charge is 2.12. The van der Waals surface area contributed by atoms with Crippen molar-refractivity contribution in [2.45, 2.75) is 13.1 Å². The molecule has 0 aliphatic heterocycles. The number of rotatable bonds is 6. The number of H-pyrrole nitrogens is 1. The lowest BCUT2D eigenvalue weighted by Gasteiger charge is -2.07. The first-order valence-corrected chi connectivity index (χ1v) is 9.38. The van der Waals surface area contributed by atoms with Crippen molar-refractivity contribution in [3.63, 3.8) is 0 Å². The van der Waals surface area contributed by atoms with E-state index in [1.807, 2.05) is 12.1 Å². The SMILES string of the molecule is O=C(NCCn1ncc2c(=O)n(Cc3cccc(Cl)c3)cnc21)c1ccc(=O)[nH]n1. The molecule has 0 saturated carbocycles. The summed E-state index contributed by atoms with van der Waals surface area (Å²) in [5.41, 5.74) is 0.812. The van der Waals surface area contributed by atoms with E-state index in [2.05, 4.69) is 25.6 Å². The van der Waals surface area contributed by atoms with Gasteiger partial charge in [0.25, 0.3) is 17.0 Å². The summed E-state index contributed by atoms with van der Waals surface area (Å²) in [6, 6.07) is 9.82. The molecule has 2 N–H and O–H groups in total. The van der Waals surface area contributed by atoms with E-state index in [0.717, 1.165) is 5.56 Å². The third-order valence-corrected chi connectivity index (χ3v) is 4.62. The fraction of sp³-hybridized carbons (Fsp3) is 0.158. The summed E-state index contributed by atoms with van der Waals surface area (Å²) in [4.78, 5) is 40.2. The Morgan fingerprint density at radius 1 is 1.20 bits per heavy atom. The maximum absolute atomic E-state index is 12.8. The molecule has 11 heteroatoms. The van der Waals surface area contributed by atoms with Crippen LogP contribution in [0.1, 0.15) is 16.1 Å². The van der Waals surface area contributed by atoms with E-state index < -0.39 is 5.91 Å². The summed E-state index contributed by atoms with van der Waals surface area (Å²) >= 11 is 6.00. The van der Waals surface area contributed by atoms with Crippen molar-refractivity contribution in [3.05, 3.63) is 85.9 Å². The van der Waals surface area contributed by atoms with Gasteiger partial charge in [-0.1, -0.05) is 23.7 Å². The van der Waals surface area contributed by atoms with Gasteiger partial charge in [-0.2, -0.15) is 10.2 Å². The van der Waals surface area contributed by atoms with Gasteiger partial charge in [0, 0.05) is 17.6 Å². The number of aromatic nitrogens is 6. The lowest BCUT2D eigenvalue weighted by atomic mass is 10.2. The average molecular weight is 426 g/mol. The number of nitrogens with zero attached hydrogens (tertiary/aromatic N) is 5. The monoisotopic (exact) mass is 425 g/mol. The van der Waals surface area contributed by atoms with Gasteiger partial charge in [-0.05, 0) is 23.8 Å². The normalized spacial score (nSPS) is 11.0. The third kappa shape index (κ3) is 4.13. The standard InChI is InChI=1S/C19H16ClN7O3/c20-13-3-1-2-12(8-13)10-26-11-22-17-14(19(26)30)9-23-27(17)7-6-21-18(29)15-4-5-16(28)25-24-15/h1-5,8-9,11H,6-7,10H2,(H,21,29)(H,25,28). The van der Waals surface area contributed by atoms with Crippen molar-refractivity contribution in [3.8, 4) is 0 Å². The molecule has 3 aromatic heterocycles. The van der Waals surface area contributed by atoms with E-state index in [-0.39, 0.29) is 23.4 Å². The second-order valence-electron chi connectivity index (χ2n) is 6.47. The molecule has 1 amide bonds. The fourth-order valence-electron chi connectivity index (χ4n) is 2.94. The highest BCUT2D eigenvalue weighted by molar-refractivity contribution is 6.30. The van der Waals surface area contributed by atoms with E-state index in [0.29, 0.717) is 29.1 Å². The van der Waals surface area contributed by atoms with Gasteiger partial charge in [0.15, 0.2) is 5.65 Å². The van der Waals surface area contributed by atoms with E-state index in [1.54, 1.807) is 16.8 Å². The van der Waals surface area contributed by atoms with Crippen LogP contribution in [0.15, 0.2) is 58.5 Å². The molecule has 30 heavy (non-hydrogen) atoms. The first-order chi connectivity index (χ1) is 14.5. The molecule has 0 atom stereocenters. The quantitative estimate of drug-likeness (QED) is 0.470. The van der Waals surface area contributed by atoms with Gasteiger partial charge in [-0.25, -0.2) is 14.8 Å². The number of halogens is 1. The zero-order chi connectivity index (χ0) is 21.1. The summed E-state index contributed by atoms with van der Waals surface area (Å²) in [7, 11) is 0. The molecule has 152 valence electrons. The van der Waals surface area contributed by atoms with Crippen LogP contribution in [0.5, 0.6) is 0 Å². The van der Waals surface area contributed by atoms with Gasteiger partial charge in [-0.3, -0.25) is 19.0 Å². The Kier molecular flexibility index (Phi) is 5.40. The second-order valence-corrected chi connectivity index (χ2v) is 6.91. The van der Waals surface area contributed by atoms with Crippen LogP contribution in [0.2, 0.25) is 5.02 Å². The van der Waals surface area contributed by atoms with E-state index in [9.17, 15) is 14.4 Å². The Balaban J connectivity index is 1.46. The Morgan fingerprint density at radius 2 is 2.07 bits per heavy atom. The maximum atomic E-state index is 12.8. The van der Waals surface area contributed by atoms with Crippen LogP contribution >= 0.6 is 11.6 Å². The highest BCUT2D eigenvalue weighted by atomic mass is 35.5. The number of hydrogen-bond acceptors (Lipinski definition) is 6. The number of carbonyl (C=O) groups excluding carboxylic acids is 1. The zero-order valence-corrected chi connectivity index (χ0v) is 16.3. The van der Waals surface area contributed by atoms with Crippen molar-refractivity contribution in [1.29, 1.82) is 0 Å². The topological polar surface area (TPSA) is 128 Å². The molecule has 10 nitrogen and oxygen atoms in total. The minimum Gasteiger partial charge on any atom is -0.349 e. The average Bonchev–Trinajstić information content (AvgIpc) is 3.14. The summed E-state index contributed by atoms with van der Waals surface area (Å²) in [6.07, 6.45) is 2.93. The molecular weight excluding hydrogens is 410 g/mol. The van der Waals surface area contributed by atoms with Crippen molar-refractivity contribution >= 4 is 28.5 Å². The van der Waals surface area contributed by atoms with Crippen LogP contribution in [0.4, 0.5) is 0 Å². The van der Waals surface area contributed by atoms with Crippen LogP contribution in [0.3, 0.4) is 0 Å². The number of amides is 1. The van der Waals surface area contributed by atoms with Crippen LogP contribution in [-0.2, 0) is 13.1 Å². The van der Waals surface area contributed by atoms with Crippen molar-refractivity contribution in [2.24, 2.45) is 0 Å². The smallest absolute Gasteiger partial charge is 0.271 e. The minimum absolute atomic E-state index is 0.0990. The van der Waals surface area contributed by atoms with Gasteiger partial charge >= 0.3 is 0 Å². The van der Waals surface area contributed by atoms with Crippen molar-refractivity contribution < 1.29 is 4.79 Å². The lowest BCUT2D eigenvalue weighted by Crippen LogP contribution is -2.29. The largest absolute Gasteiger partial charge is 0.349 e. The molecule has 0 aliphatic rings. The maximum Gasteiger partial charge on any atom is 0.271 e. The van der Waals surface area contributed by atoms with Crippen molar-refractivity contribution in [2.75, 3.05) is 6.54 Å². The zero-order valence-electron chi connectivity index (χ0n) is 15.6. The predicted octanol–water partition coefficient (Wildman–Crippen LogP) is 0.808. The van der Waals surface area contributed by atoms with Gasteiger partial charge in [0.2, 0.25) is 0 Å². The molecule has 1 aromatic carbocycles. The van der Waals surface area contributed by atoms with Crippen LogP contribution in [-0.4, -0.2) is 42.0 Å². The molecule has 4 aromatic rings. The van der Waals surface area contributed by atoms with E-state index >= 15 is 0 Å². The number of nitrogens with one attached hydrogen (secondary N) is 2. The Labute approximate surface area is 174 Å². The van der Waals surface area contributed by atoms with Gasteiger partial charge in [0.05, 0.1) is 19.3 Å². The summed E-state index contributed by atoms with van der Waals surface area (Å²) in [5.74, 6) is -0.431. The minimum atomic E-state index is -0.431. The molecule has 0 unspecified atom stereocenters. The number of fused-ring (bicyclic) bond motifs is 1. The second kappa shape index (κ2) is 8.29. The van der Waals surface area contributed by atoms with Gasteiger partial charge < -0.3 is 5.32 Å². The fourth-order valence-corrected chi connectivity index (χ4v) is 3.16. The van der Waals surface area contributed by atoms with Crippen LogP contribution in [0, 0.1) is 0 Å². The molecule has 0 saturated heterocycles. The van der Waals surface area contributed by atoms with Crippen LogP contribution < -0.4 is 16.4 Å². The first kappa shape index (κ1) is 19.5. The van der Waals surface area contributed by atoms with E-state index in [1.165, 1.54) is 29.2 Å². The Bertz CT molecular complexity index is 1320. The summed E-state index contributed by atoms with van der Waals surface area (Å²) in [5, 5.41) is 13.7. The molecular formula is C19H16ClN7O3. The molecule has 0 bridgehead atoms. The highest BCUT2D eigenvalue weighted by Crippen LogP contribution is 2.12. The third-order valence-electron chi connectivity index (χ3n) is 4.39. The number of aromatic amines is 1. The van der Waals surface area contributed by atoms with Gasteiger partial charge in [0.1, 0.15) is 17.4 Å². The molecule has 0 fully saturated rings. The Hall–Kier alpha value is -3.79. The molecule has 0 aliphatic carbocycles. The first-order valence-electron chi connectivity index (χ1n) is 9.00. The molecule has 0 spiro atoms.